The molecule has 0 aromatic heterocycles. The van der Waals surface area contributed by atoms with Crippen LogP contribution in [0.1, 0.15) is 54.4 Å². The van der Waals surface area contributed by atoms with E-state index in [0.29, 0.717) is 13.0 Å². The molecule has 1 aliphatic carbocycles. The molecule has 1 unspecified atom stereocenters. The highest BCUT2D eigenvalue weighted by Crippen LogP contribution is 2.45. The van der Waals surface area contributed by atoms with E-state index in [0.717, 1.165) is 82.5 Å². The van der Waals surface area contributed by atoms with Crippen LogP contribution in [-0.4, -0.2) is 83.3 Å². The fraction of sp³-hybridized carbons (Fsp3) is 0.429. The summed E-state index contributed by atoms with van der Waals surface area (Å²) in [5.74, 6) is 0.0665. The standard InChI is InChI=1S/C28H34N4O2S.C7H8O3S/c33-26-20-28(13-7-10-22-8-1-3-11-24(22)28)27(34)31(26)15-6-5-14-29-16-18-30(19-17-29)32-21-23-9-2-4-12-25(23)35-32;1-6-2-4-7(5-3-6)11(8,9)10/h1-4,8-9,11-12H,5-7,10,13-21H2;2-5H,1H3,(H,8,9,10). The molecule has 3 aromatic carbocycles. The second kappa shape index (κ2) is 14.0. The molecule has 1 atom stereocenters. The number of carbonyl (C=O) groups is 2. The van der Waals surface area contributed by atoms with Gasteiger partial charge in [-0.1, -0.05) is 60.2 Å². The maximum absolute atomic E-state index is 13.5. The summed E-state index contributed by atoms with van der Waals surface area (Å²) in [6.07, 6.45) is 5.05. The summed E-state index contributed by atoms with van der Waals surface area (Å²) in [6, 6.07) is 22.9. The first kappa shape index (κ1) is 32.9. The summed E-state index contributed by atoms with van der Waals surface area (Å²) in [7, 11) is -4.02. The average Bonchev–Trinajstić information content (AvgIpc) is 3.59. The maximum atomic E-state index is 13.5. The van der Waals surface area contributed by atoms with Crippen LogP contribution in [0.15, 0.2) is 82.6 Å². The van der Waals surface area contributed by atoms with E-state index in [4.69, 9.17) is 4.55 Å². The third kappa shape index (κ3) is 7.10. The van der Waals surface area contributed by atoms with Crippen LogP contribution < -0.4 is 0 Å². The van der Waals surface area contributed by atoms with Gasteiger partial charge in [0.15, 0.2) is 0 Å². The normalized spacial score (nSPS) is 22.1. The molecule has 4 aliphatic rings. The van der Waals surface area contributed by atoms with E-state index in [2.05, 4.69) is 50.7 Å². The van der Waals surface area contributed by atoms with Crippen molar-refractivity contribution in [2.75, 3.05) is 39.3 Å². The SMILES string of the molecule is Cc1ccc(S(=O)(=O)O)cc1.O=C1CC2(CCCc3ccccc32)C(=O)N1CCCCN1CCN(N2Cc3ccccc3S2)CC1. The number of carbonyl (C=O) groups excluding carboxylic acids is 2. The summed E-state index contributed by atoms with van der Waals surface area (Å²) >= 11 is 1.86. The molecule has 2 amide bonds. The highest BCUT2D eigenvalue weighted by Gasteiger charge is 2.53. The lowest BCUT2D eigenvalue weighted by Gasteiger charge is -2.38. The number of likely N-dealkylation sites (tertiary alicyclic amines) is 1. The zero-order chi connectivity index (χ0) is 32.3. The molecule has 1 N–H and O–H groups in total. The zero-order valence-corrected chi connectivity index (χ0v) is 27.9. The van der Waals surface area contributed by atoms with Crippen LogP contribution >= 0.6 is 11.9 Å². The van der Waals surface area contributed by atoms with Gasteiger partial charge in [0, 0.05) is 44.0 Å². The Balaban J connectivity index is 0.000000288. The van der Waals surface area contributed by atoms with Crippen LogP contribution in [0, 0.1) is 6.92 Å². The Labute approximate surface area is 276 Å². The quantitative estimate of drug-likeness (QED) is 0.160. The van der Waals surface area contributed by atoms with Crippen LogP contribution in [0.3, 0.4) is 0 Å². The molecule has 2 fully saturated rings. The number of amides is 2. The van der Waals surface area contributed by atoms with Crippen LogP contribution in [0.2, 0.25) is 0 Å². The number of aryl methyl sites for hydroxylation is 2. The predicted molar refractivity (Wildman–Crippen MR) is 178 cm³/mol. The highest BCUT2D eigenvalue weighted by atomic mass is 32.2. The van der Waals surface area contributed by atoms with Crippen molar-refractivity contribution < 1.29 is 22.6 Å². The van der Waals surface area contributed by atoms with Gasteiger partial charge in [-0.25, -0.2) is 5.01 Å². The molecule has 0 bridgehead atoms. The van der Waals surface area contributed by atoms with Gasteiger partial charge in [-0.05, 0) is 92.4 Å². The van der Waals surface area contributed by atoms with Gasteiger partial charge in [-0.3, -0.25) is 19.0 Å². The molecule has 3 aliphatic heterocycles. The lowest BCUT2D eigenvalue weighted by molar-refractivity contribution is -0.140. The van der Waals surface area contributed by atoms with Crippen LogP contribution in [0.5, 0.6) is 0 Å². The molecule has 0 saturated carbocycles. The number of benzene rings is 3. The maximum Gasteiger partial charge on any atom is 0.294 e. The first-order chi connectivity index (χ1) is 22.1. The van der Waals surface area contributed by atoms with Crippen molar-refractivity contribution in [1.82, 2.24) is 19.2 Å². The third-order valence-corrected chi connectivity index (χ3v) is 11.6. The molecule has 11 heteroatoms. The third-order valence-electron chi connectivity index (χ3n) is 9.56. The molecule has 1 spiro atoms. The summed E-state index contributed by atoms with van der Waals surface area (Å²) in [4.78, 5) is 31.8. The summed E-state index contributed by atoms with van der Waals surface area (Å²) < 4.78 is 32.0. The molecular formula is C35H42N4O5S2. The Morgan fingerprint density at radius 2 is 1.52 bits per heavy atom. The molecule has 7 rings (SSSR count). The van der Waals surface area contributed by atoms with Crippen molar-refractivity contribution in [3.63, 3.8) is 0 Å². The topological polar surface area (TPSA) is 101 Å². The highest BCUT2D eigenvalue weighted by molar-refractivity contribution is 7.97. The van der Waals surface area contributed by atoms with E-state index in [1.165, 1.54) is 28.2 Å². The fourth-order valence-electron chi connectivity index (χ4n) is 7.03. The lowest BCUT2D eigenvalue weighted by Crippen LogP contribution is -2.50. The van der Waals surface area contributed by atoms with E-state index in [9.17, 15) is 18.0 Å². The van der Waals surface area contributed by atoms with E-state index in [1.54, 1.807) is 17.0 Å². The van der Waals surface area contributed by atoms with Gasteiger partial charge < -0.3 is 4.90 Å². The number of rotatable bonds is 7. The Morgan fingerprint density at radius 3 is 2.24 bits per heavy atom. The van der Waals surface area contributed by atoms with Crippen molar-refractivity contribution in [2.24, 2.45) is 0 Å². The van der Waals surface area contributed by atoms with E-state index >= 15 is 0 Å². The molecule has 3 aromatic rings. The van der Waals surface area contributed by atoms with E-state index < -0.39 is 15.5 Å². The lowest BCUT2D eigenvalue weighted by atomic mass is 9.69. The van der Waals surface area contributed by atoms with Crippen LogP contribution in [-0.2, 0) is 38.1 Å². The average molecular weight is 663 g/mol. The smallest absolute Gasteiger partial charge is 0.294 e. The molecule has 244 valence electrons. The molecule has 0 radical (unpaired) electrons. The first-order valence-electron chi connectivity index (χ1n) is 16.1. The summed E-state index contributed by atoms with van der Waals surface area (Å²) in [5, 5.41) is 2.48. The van der Waals surface area contributed by atoms with Gasteiger partial charge in [0.2, 0.25) is 11.8 Å². The van der Waals surface area contributed by atoms with Crippen molar-refractivity contribution >= 4 is 33.9 Å². The Morgan fingerprint density at radius 1 is 0.848 bits per heavy atom. The number of unbranched alkanes of at least 4 members (excludes halogenated alkanes) is 1. The minimum absolute atomic E-state index is 0.0180. The number of hydrogen-bond donors (Lipinski definition) is 1. The largest absolute Gasteiger partial charge is 0.301 e. The monoisotopic (exact) mass is 662 g/mol. The van der Waals surface area contributed by atoms with Crippen LogP contribution in [0.25, 0.3) is 0 Å². The minimum atomic E-state index is -4.02. The summed E-state index contributed by atoms with van der Waals surface area (Å²) in [6.45, 7) is 8.65. The second-order valence-electron chi connectivity index (χ2n) is 12.6. The Bertz CT molecular complexity index is 1650. The van der Waals surface area contributed by atoms with E-state index in [1.807, 2.05) is 31.0 Å². The van der Waals surface area contributed by atoms with E-state index in [-0.39, 0.29) is 16.7 Å². The number of imide groups is 1. The second-order valence-corrected chi connectivity index (χ2v) is 15.1. The van der Waals surface area contributed by atoms with Crippen LogP contribution in [0.4, 0.5) is 0 Å². The first-order valence-corrected chi connectivity index (χ1v) is 18.3. The number of piperazine rings is 1. The zero-order valence-electron chi connectivity index (χ0n) is 26.3. The Hall–Kier alpha value is -3.06. The fourth-order valence-corrected chi connectivity index (χ4v) is 8.60. The van der Waals surface area contributed by atoms with Gasteiger partial charge in [0.25, 0.3) is 10.1 Å². The van der Waals surface area contributed by atoms with Crippen molar-refractivity contribution in [2.45, 2.75) is 67.2 Å². The Kier molecular flexibility index (Phi) is 9.98. The molecule has 3 heterocycles. The number of fused-ring (bicyclic) bond motifs is 3. The van der Waals surface area contributed by atoms with Gasteiger partial charge in [-0.2, -0.15) is 12.8 Å². The number of hydrogen-bond acceptors (Lipinski definition) is 8. The van der Waals surface area contributed by atoms with Gasteiger partial charge in [0.1, 0.15) is 0 Å². The summed E-state index contributed by atoms with van der Waals surface area (Å²) in [5.41, 5.74) is 4.12. The van der Waals surface area contributed by atoms with Gasteiger partial charge in [0.05, 0.1) is 16.9 Å². The number of nitrogens with zero attached hydrogens (tertiary/aromatic N) is 4. The predicted octanol–water partition coefficient (Wildman–Crippen LogP) is 5.10. The molecular weight excluding hydrogens is 621 g/mol. The van der Waals surface area contributed by atoms with Crippen molar-refractivity contribution in [3.8, 4) is 0 Å². The number of hydrazine groups is 1. The van der Waals surface area contributed by atoms with Crippen molar-refractivity contribution in [3.05, 3.63) is 95.1 Å². The molecule has 46 heavy (non-hydrogen) atoms. The van der Waals surface area contributed by atoms with Crippen molar-refractivity contribution in [1.29, 1.82) is 0 Å². The van der Waals surface area contributed by atoms with Gasteiger partial charge in [-0.15, -0.1) is 0 Å². The molecule has 9 nitrogen and oxygen atoms in total. The van der Waals surface area contributed by atoms with Gasteiger partial charge >= 0.3 is 0 Å². The minimum Gasteiger partial charge on any atom is -0.301 e. The molecule has 2 saturated heterocycles.